The Morgan fingerprint density at radius 1 is 0.714 bits per heavy atom. The van der Waals surface area contributed by atoms with Crippen LogP contribution in [0.3, 0.4) is 0 Å². The predicted molar refractivity (Wildman–Crippen MR) is 64.8 cm³/mol. The standard InChI is InChI=1S/C12H11P.H2O/c13-12-8-4-7-11(9-12)10-5-2-1-3-6-10;/h1-9H,13H2;1H2. The van der Waals surface area contributed by atoms with E-state index in [9.17, 15) is 0 Å². The Morgan fingerprint density at radius 3 is 2.00 bits per heavy atom. The first-order valence-electron chi connectivity index (χ1n) is 4.27. The Balaban J connectivity index is 0.000000980. The van der Waals surface area contributed by atoms with E-state index in [0.717, 1.165) is 0 Å². The fourth-order valence-corrected chi connectivity index (χ4v) is 1.64. The molecule has 1 atom stereocenters. The van der Waals surface area contributed by atoms with Crippen LogP contribution in [0.15, 0.2) is 54.6 Å². The van der Waals surface area contributed by atoms with Crippen molar-refractivity contribution in [3.05, 3.63) is 54.6 Å². The molecule has 0 aliphatic heterocycles. The maximum atomic E-state index is 2.71. The minimum atomic E-state index is 0. The number of benzene rings is 2. The van der Waals surface area contributed by atoms with Crippen LogP contribution in [0.5, 0.6) is 0 Å². The molecule has 2 N–H and O–H groups in total. The Kier molecular flexibility index (Phi) is 3.82. The van der Waals surface area contributed by atoms with Crippen molar-refractivity contribution in [1.29, 1.82) is 0 Å². The molecule has 0 bridgehead atoms. The normalized spacial score (nSPS) is 9.21. The van der Waals surface area contributed by atoms with Crippen molar-refractivity contribution >= 4 is 14.5 Å². The Hall–Kier alpha value is -1.17. The van der Waals surface area contributed by atoms with E-state index < -0.39 is 0 Å². The molecule has 2 rings (SSSR count). The second kappa shape index (κ2) is 4.90. The van der Waals surface area contributed by atoms with Crippen LogP contribution < -0.4 is 5.30 Å². The van der Waals surface area contributed by atoms with Crippen molar-refractivity contribution in [1.82, 2.24) is 0 Å². The Labute approximate surface area is 86.3 Å². The zero-order chi connectivity index (χ0) is 9.10. The molecule has 2 aromatic rings. The SMILES string of the molecule is O.Pc1cccc(-c2ccccc2)c1. The summed E-state index contributed by atoms with van der Waals surface area (Å²) in [6, 6.07) is 18.9. The van der Waals surface area contributed by atoms with Crippen LogP contribution >= 0.6 is 9.24 Å². The molecule has 0 aliphatic carbocycles. The van der Waals surface area contributed by atoms with Gasteiger partial charge in [0.1, 0.15) is 0 Å². The van der Waals surface area contributed by atoms with Crippen LogP contribution in [-0.4, -0.2) is 5.48 Å². The van der Waals surface area contributed by atoms with Gasteiger partial charge in [-0.1, -0.05) is 48.5 Å². The van der Waals surface area contributed by atoms with Gasteiger partial charge in [0.25, 0.3) is 0 Å². The second-order valence-corrected chi connectivity index (χ2v) is 3.66. The highest BCUT2D eigenvalue weighted by Gasteiger charge is 1.94. The molecule has 0 heterocycles. The first kappa shape index (κ1) is 10.9. The van der Waals surface area contributed by atoms with E-state index in [-0.39, 0.29) is 5.48 Å². The summed E-state index contributed by atoms with van der Waals surface area (Å²) in [7, 11) is 2.71. The lowest BCUT2D eigenvalue weighted by Gasteiger charge is -2.01. The second-order valence-electron chi connectivity index (χ2n) is 2.99. The third kappa shape index (κ3) is 2.41. The summed E-state index contributed by atoms with van der Waals surface area (Å²) < 4.78 is 0. The molecule has 2 aromatic carbocycles. The van der Waals surface area contributed by atoms with Gasteiger partial charge in [0, 0.05) is 0 Å². The van der Waals surface area contributed by atoms with Crippen molar-refractivity contribution in [2.24, 2.45) is 0 Å². The van der Waals surface area contributed by atoms with Crippen molar-refractivity contribution < 1.29 is 5.48 Å². The molecule has 2 heteroatoms. The average molecular weight is 204 g/mol. The zero-order valence-corrected chi connectivity index (χ0v) is 8.93. The van der Waals surface area contributed by atoms with Crippen molar-refractivity contribution in [3.63, 3.8) is 0 Å². The summed E-state index contributed by atoms with van der Waals surface area (Å²) >= 11 is 0. The quantitative estimate of drug-likeness (QED) is 0.636. The third-order valence-electron chi connectivity index (χ3n) is 1.99. The van der Waals surface area contributed by atoms with Gasteiger partial charge in [-0.15, -0.1) is 9.24 Å². The van der Waals surface area contributed by atoms with E-state index in [1.165, 1.54) is 16.4 Å². The van der Waals surface area contributed by atoms with E-state index in [1.807, 2.05) is 6.07 Å². The van der Waals surface area contributed by atoms with Crippen LogP contribution in [-0.2, 0) is 0 Å². The molecular formula is C12H13OP. The summed E-state index contributed by atoms with van der Waals surface area (Å²) in [6.07, 6.45) is 0. The summed E-state index contributed by atoms with van der Waals surface area (Å²) in [5.41, 5.74) is 2.54. The fraction of sp³-hybridized carbons (Fsp3) is 0. The molecule has 14 heavy (non-hydrogen) atoms. The van der Waals surface area contributed by atoms with Crippen LogP contribution in [0.1, 0.15) is 0 Å². The lowest BCUT2D eigenvalue weighted by molar-refractivity contribution is 0.824. The zero-order valence-electron chi connectivity index (χ0n) is 7.77. The van der Waals surface area contributed by atoms with E-state index in [1.54, 1.807) is 0 Å². The van der Waals surface area contributed by atoms with Gasteiger partial charge in [-0.05, 0) is 22.5 Å². The van der Waals surface area contributed by atoms with Crippen LogP contribution in [0.4, 0.5) is 0 Å². The van der Waals surface area contributed by atoms with Gasteiger partial charge in [-0.3, -0.25) is 0 Å². The Morgan fingerprint density at radius 2 is 1.36 bits per heavy atom. The van der Waals surface area contributed by atoms with Gasteiger partial charge < -0.3 is 5.48 Å². The highest BCUT2D eigenvalue weighted by molar-refractivity contribution is 7.27. The molecule has 0 radical (unpaired) electrons. The monoisotopic (exact) mass is 204 g/mol. The van der Waals surface area contributed by atoms with Gasteiger partial charge in [0.05, 0.1) is 0 Å². The van der Waals surface area contributed by atoms with Crippen LogP contribution in [0.2, 0.25) is 0 Å². The maximum absolute atomic E-state index is 2.71. The molecule has 0 amide bonds. The first-order valence-corrected chi connectivity index (χ1v) is 4.85. The van der Waals surface area contributed by atoms with Gasteiger partial charge in [0.15, 0.2) is 0 Å². The van der Waals surface area contributed by atoms with Crippen LogP contribution in [0.25, 0.3) is 11.1 Å². The number of hydrogen-bond acceptors (Lipinski definition) is 0. The van der Waals surface area contributed by atoms with Crippen LogP contribution in [0, 0.1) is 0 Å². The molecule has 1 unspecified atom stereocenters. The van der Waals surface area contributed by atoms with E-state index in [2.05, 4.69) is 57.8 Å². The van der Waals surface area contributed by atoms with Crippen molar-refractivity contribution in [3.8, 4) is 11.1 Å². The summed E-state index contributed by atoms with van der Waals surface area (Å²) in [5.74, 6) is 0. The molecule has 0 aliphatic rings. The molecule has 0 saturated heterocycles. The third-order valence-corrected chi connectivity index (χ3v) is 2.35. The Bertz CT molecular complexity index is 398. The molecule has 0 spiro atoms. The topological polar surface area (TPSA) is 31.5 Å². The first-order chi connectivity index (χ1) is 6.36. The molecule has 0 aromatic heterocycles. The summed E-state index contributed by atoms with van der Waals surface area (Å²) in [6.45, 7) is 0. The summed E-state index contributed by atoms with van der Waals surface area (Å²) in [5, 5.41) is 1.22. The van der Waals surface area contributed by atoms with E-state index in [0.29, 0.717) is 0 Å². The number of rotatable bonds is 1. The van der Waals surface area contributed by atoms with Crippen molar-refractivity contribution in [2.45, 2.75) is 0 Å². The average Bonchev–Trinajstić information content (AvgIpc) is 2.19. The maximum Gasteiger partial charge on any atom is -0.0178 e. The fourth-order valence-electron chi connectivity index (χ4n) is 1.35. The largest absolute Gasteiger partial charge is 0.412 e. The smallest absolute Gasteiger partial charge is 0.0178 e. The van der Waals surface area contributed by atoms with E-state index in [4.69, 9.17) is 0 Å². The molecule has 0 fully saturated rings. The van der Waals surface area contributed by atoms with Gasteiger partial charge in [0.2, 0.25) is 0 Å². The lowest BCUT2D eigenvalue weighted by Crippen LogP contribution is -1.88. The minimum absolute atomic E-state index is 0. The highest BCUT2D eigenvalue weighted by Crippen LogP contribution is 2.17. The van der Waals surface area contributed by atoms with E-state index >= 15 is 0 Å². The lowest BCUT2D eigenvalue weighted by atomic mass is 10.1. The van der Waals surface area contributed by atoms with Gasteiger partial charge in [-0.2, -0.15) is 0 Å². The molecule has 72 valence electrons. The van der Waals surface area contributed by atoms with Gasteiger partial charge in [-0.25, -0.2) is 0 Å². The summed E-state index contributed by atoms with van der Waals surface area (Å²) in [4.78, 5) is 0. The molecule has 0 saturated carbocycles. The minimum Gasteiger partial charge on any atom is -0.412 e. The highest BCUT2D eigenvalue weighted by atomic mass is 31.0. The number of hydrogen-bond donors (Lipinski definition) is 0. The predicted octanol–water partition coefficient (Wildman–Crippen LogP) is 2.03. The molecular weight excluding hydrogens is 191 g/mol. The van der Waals surface area contributed by atoms with Gasteiger partial charge >= 0.3 is 0 Å². The van der Waals surface area contributed by atoms with Crippen molar-refractivity contribution in [2.75, 3.05) is 0 Å². The molecule has 1 nitrogen and oxygen atoms in total.